The van der Waals surface area contributed by atoms with Gasteiger partial charge in [-0.25, -0.2) is 14.2 Å². The van der Waals surface area contributed by atoms with Gasteiger partial charge in [-0.2, -0.15) is 0 Å². The van der Waals surface area contributed by atoms with Gasteiger partial charge in [-0.05, 0) is 55.0 Å². The number of urea groups is 1. The number of anilines is 1. The zero-order valence-electron chi connectivity index (χ0n) is 17.6. The highest BCUT2D eigenvalue weighted by molar-refractivity contribution is 6.11. The van der Waals surface area contributed by atoms with Gasteiger partial charge >= 0.3 is 6.03 Å². The summed E-state index contributed by atoms with van der Waals surface area (Å²) in [5.74, 6) is 1.02. The molecule has 0 spiro atoms. The molecule has 2 N–H and O–H groups in total. The number of ether oxygens (including phenoxy) is 2. The van der Waals surface area contributed by atoms with Crippen molar-refractivity contribution in [2.45, 2.75) is 6.92 Å². The lowest BCUT2D eigenvalue weighted by Gasteiger charge is -2.18. The number of hydrogen-bond acceptors (Lipinski definition) is 5. The van der Waals surface area contributed by atoms with E-state index in [4.69, 9.17) is 9.47 Å². The lowest BCUT2D eigenvalue weighted by Crippen LogP contribution is -2.38. The van der Waals surface area contributed by atoms with Crippen molar-refractivity contribution in [3.05, 3.63) is 77.8 Å². The highest BCUT2D eigenvalue weighted by Gasteiger charge is 2.17. The summed E-state index contributed by atoms with van der Waals surface area (Å²) in [4.78, 5) is 21.0. The number of methoxy groups -OCH3 is 1. The molecule has 0 radical (unpaired) electrons. The Morgan fingerprint density at radius 3 is 2.75 bits per heavy atom. The van der Waals surface area contributed by atoms with Gasteiger partial charge in [0.2, 0.25) is 0 Å². The molecule has 1 aromatic heterocycles. The molecule has 0 unspecified atom stereocenters. The maximum Gasteiger partial charge on any atom is 0.324 e. The number of rotatable bonds is 4. The summed E-state index contributed by atoms with van der Waals surface area (Å²) in [6.45, 7) is 2.74. The first kappa shape index (κ1) is 21.1. The third-order valence-corrected chi connectivity index (χ3v) is 4.68. The maximum absolute atomic E-state index is 13.0. The molecule has 3 aromatic rings. The van der Waals surface area contributed by atoms with Gasteiger partial charge in [0.15, 0.2) is 11.6 Å². The van der Waals surface area contributed by atoms with Crippen molar-refractivity contribution >= 4 is 23.6 Å². The van der Waals surface area contributed by atoms with Gasteiger partial charge in [0, 0.05) is 11.9 Å². The number of aryl methyl sites for hydroxylation is 1. The van der Waals surface area contributed by atoms with E-state index in [0.717, 1.165) is 16.9 Å². The Balaban J connectivity index is 1.52. The van der Waals surface area contributed by atoms with Crippen molar-refractivity contribution in [2.24, 2.45) is 4.99 Å². The zero-order valence-corrected chi connectivity index (χ0v) is 17.6. The fraction of sp³-hybridized carbons (Fsp3) is 0.174. The molecule has 164 valence electrons. The summed E-state index contributed by atoms with van der Waals surface area (Å²) in [6.07, 6.45) is 5.42. The summed E-state index contributed by atoms with van der Waals surface area (Å²) in [5.41, 5.74) is 3.03. The van der Waals surface area contributed by atoms with Gasteiger partial charge in [0.25, 0.3) is 0 Å². The van der Waals surface area contributed by atoms with Crippen molar-refractivity contribution in [3.8, 4) is 11.4 Å². The molecule has 0 aliphatic carbocycles. The van der Waals surface area contributed by atoms with Gasteiger partial charge in [-0.1, -0.05) is 6.07 Å². The van der Waals surface area contributed by atoms with E-state index in [9.17, 15) is 9.18 Å². The number of hydrogen-bond donors (Lipinski definition) is 2. The van der Waals surface area contributed by atoms with Crippen LogP contribution in [0.5, 0.6) is 5.75 Å². The maximum atomic E-state index is 13.0. The first-order valence-corrected chi connectivity index (χ1v) is 9.94. The topological polar surface area (TPSA) is 89.8 Å². The number of carbonyl (C=O) groups is 1. The van der Waals surface area contributed by atoms with E-state index >= 15 is 0 Å². The quantitative estimate of drug-likeness (QED) is 0.650. The molecule has 0 saturated heterocycles. The second kappa shape index (κ2) is 9.34. The second-order valence-electron chi connectivity index (χ2n) is 7.03. The summed E-state index contributed by atoms with van der Waals surface area (Å²) >= 11 is 0. The lowest BCUT2D eigenvalue weighted by molar-refractivity contribution is 0.230. The van der Waals surface area contributed by atoms with Crippen LogP contribution >= 0.6 is 0 Å². The molecule has 8 nitrogen and oxygen atoms in total. The predicted octanol–water partition coefficient (Wildman–Crippen LogP) is 3.92. The molecular weight excluding hydrogens is 413 g/mol. The molecule has 2 aromatic carbocycles. The largest absolute Gasteiger partial charge is 0.495 e. The van der Waals surface area contributed by atoms with Crippen molar-refractivity contribution < 1.29 is 18.7 Å². The van der Waals surface area contributed by atoms with Crippen molar-refractivity contribution in [2.75, 3.05) is 25.6 Å². The van der Waals surface area contributed by atoms with Crippen molar-refractivity contribution in [1.29, 1.82) is 0 Å². The van der Waals surface area contributed by atoms with Gasteiger partial charge in [0.1, 0.15) is 18.2 Å². The van der Waals surface area contributed by atoms with E-state index in [1.807, 2.05) is 35.9 Å². The number of aromatic nitrogens is 2. The summed E-state index contributed by atoms with van der Waals surface area (Å²) in [6, 6.07) is 10.7. The predicted molar refractivity (Wildman–Crippen MR) is 120 cm³/mol. The molecule has 0 bridgehead atoms. The molecule has 2 amide bonds. The number of amidine groups is 1. The molecule has 0 saturated carbocycles. The van der Waals surface area contributed by atoms with E-state index in [0.29, 0.717) is 36.2 Å². The number of benzene rings is 2. The van der Waals surface area contributed by atoms with Gasteiger partial charge in [0.05, 0.1) is 31.4 Å². The van der Waals surface area contributed by atoms with Crippen LogP contribution < -0.4 is 15.4 Å². The molecule has 2 heterocycles. The third-order valence-electron chi connectivity index (χ3n) is 4.68. The van der Waals surface area contributed by atoms with Crippen LogP contribution in [0.1, 0.15) is 11.3 Å². The SMILES string of the molecule is COc1cc(/C=C2\OCCN=C2NC(=O)Nc2ccc(F)cc2)ccc1-n1cnc(C)c1. The van der Waals surface area contributed by atoms with Crippen LogP contribution in [0.3, 0.4) is 0 Å². The molecule has 0 fully saturated rings. The second-order valence-corrected chi connectivity index (χ2v) is 7.03. The average Bonchev–Trinajstić information content (AvgIpc) is 3.22. The van der Waals surface area contributed by atoms with E-state index in [2.05, 4.69) is 20.6 Å². The molecule has 0 atom stereocenters. The number of aliphatic imine (C=N–C) groups is 1. The van der Waals surface area contributed by atoms with Crippen LogP contribution in [0, 0.1) is 12.7 Å². The monoisotopic (exact) mass is 435 g/mol. The molecular formula is C23H22FN5O3. The Bertz CT molecular complexity index is 1180. The molecule has 9 heteroatoms. The van der Waals surface area contributed by atoms with Gasteiger partial charge < -0.3 is 19.4 Å². The third kappa shape index (κ3) is 4.94. The molecule has 4 rings (SSSR count). The number of nitrogens with one attached hydrogen (secondary N) is 2. The Hall–Kier alpha value is -4.14. The summed E-state index contributed by atoms with van der Waals surface area (Å²) in [7, 11) is 1.60. The van der Waals surface area contributed by atoms with E-state index in [1.165, 1.54) is 24.3 Å². The van der Waals surface area contributed by atoms with E-state index in [-0.39, 0.29) is 5.82 Å². The standard InChI is InChI=1S/C23H22FN5O3/c1-15-13-29(14-26-15)19-8-3-16(11-20(19)31-2)12-21-22(25-9-10-32-21)28-23(30)27-18-6-4-17(24)5-7-18/h3-8,11-14H,9-10H2,1-2H3,(H2,25,27,28,30)/b21-12-. The Morgan fingerprint density at radius 2 is 2.03 bits per heavy atom. The molecule has 1 aliphatic heterocycles. The number of amides is 2. The van der Waals surface area contributed by atoms with Gasteiger partial charge in [-0.3, -0.25) is 10.3 Å². The summed E-state index contributed by atoms with van der Waals surface area (Å²) < 4.78 is 26.2. The molecule has 1 aliphatic rings. The highest BCUT2D eigenvalue weighted by atomic mass is 19.1. The van der Waals surface area contributed by atoms with Crippen LogP contribution in [0.15, 0.2) is 65.7 Å². The number of imidazole rings is 1. The van der Waals surface area contributed by atoms with Crippen LogP contribution in [-0.2, 0) is 4.74 Å². The fourth-order valence-electron chi connectivity index (χ4n) is 3.18. The van der Waals surface area contributed by atoms with Crippen LogP contribution in [0.25, 0.3) is 11.8 Å². The number of carbonyl (C=O) groups excluding carboxylic acids is 1. The first-order valence-electron chi connectivity index (χ1n) is 9.94. The number of halogens is 1. The zero-order chi connectivity index (χ0) is 22.5. The van der Waals surface area contributed by atoms with Crippen LogP contribution in [0.4, 0.5) is 14.9 Å². The first-order chi connectivity index (χ1) is 15.5. The Labute approximate surface area is 184 Å². The Kier molecular flexibility index (Phi) is 6.16. The average molecular weight is 435 g/mol. The number of nitrogens with zero attached hydrogens (tertiary/aromatic N) is 3. The van der Waals surface area contributed by atoms with E-state index in [1.54, 1.807) is 19.5 Å². The van der Waals surface area contributed by atoms with E-state index < -0.39 is 6.03 Å². The lowest BCUT2D eigenvalue weighted by atomic mass is 10.1. The molecule has 32 heavy (non-hydrogen) atoms. The van der Waals surface area contributed by atoms with Gasteiger partial charge in [-0.15, -0.1) is 0 Å². The smallest absolute Gasteiger partial charge is 0.324 e. The minimum absolute atomic E-state index is 0.309. The van der Waals surface area contributed by atoms with Crippen LogP contribution in [0.2, 0.25) is 0 Å². The van der Waals surface area contributed by atoms with Crippen molar-refractivity contribution in [3.63, 3.8) is 0 Å². The fourth-order valence-corrected chi connectivity index (χ4v) is 3.18. The summed E-state index contributed by atoms with van der Waals surface area (Å²) in [5, 5.41) is 5.33. The Morgan fingerprint density at radius 1 is 1.22 bits per heavy atom. The minimum Gasteiger partial charge on any atom is -0.495 e. The van der Waals surface area contributed by atoms with Crippen LogP contribution in [-0.4, -0.2) is 41.7 Å². The minimum atomic E-state index is -0.504. The highest BCUT2D eigenvalue weighted by Crippen LogP contribution is 2.26. The van der Waals surface area contributed by atoms with Crippen molar-refractivity contribution in [1.82, 2.24) is 14.9 Å². The normalized spacial score (nSPS) is 14.5.